The van der Waals surface area contributed by atoms with Crippen LogP contribution in [0.1, 0.15) is 22.3 Å². The average Bonchev–Trinajstić information content (AvgIpc) is 2.91. The van der Waals surface area contributed by atoms with E-state index in [0.717, 1.165) is 12.3 Å². The predicted octanol–water partition coefficient (Wildman–Crippen LogP) is 3.73. The molecular weight excluding hydrogens is 614 g/mol. The predicted molar refractivity (Wildman–Crippen MR) is 143 cm³/mol. The van der Waals surface area contributed by atoms with Crippen LogP contribution in [-0.2, 0) is 35.4 Å². The molecule has 2 aliphatic rings. The molecule has 0 aromatic heterocycles. The second-order valence-electron chi connectivity index (χ2n) is 9.65. The summed E-state index contributed by atoms with van der Waals surface area (Å²) in [5.74, 6) is 0.258. The number of nitrogens with one attached hydrogen (secondary N) is 1. The zero-order valence-electron chi connectivity index (χ0n) is 22.4. The fourth-order valence-electron chi connectivity index (χ4n) is 4.43. The van der Waals surface area contributed by atoms with E-state index in [9.17, 15) is 39.9 Å². The number of hydrogen-bond acceptors (Lipinski definition) is 9. The molecule has 2 aromatic rings. The minimum atomic E-state index is -5.02. The van der Waals surface area contributed by atoms with Crippen LogP contribution in [0.4, 0.5) is 26.3 Å². The maximum Gasteiger partial charge on any atom is 0.416 e. The van der Waals surface area contributed by atoms with Crippen LogP contribution < -0.4 is 14.2 Å². The molecule has 0 radical (unpaired) electrons. The molecule has 42 heavy (non-hydrogen) atoms. The first kappa shape index (κ1) is 32.2. The van der Waals surface area contributed by atoms with Crippen LogP contribution in [0.25, 0.3) is 0 Å². The van der Waals surface area contributed by atoms with Crippen molar-refractivity contribution in [3.05, 3.63) is 58.7 Å². The molecule has 17 heteroatoms. The number of alkyl halides is 6. The highest BCUT2D eigenvalue weighted by Gasteiger charge is 2.38. The number of benzene rings is 2. The van der Waals surface area contributed by atoms with Gasteiger partial charge in [0.1, 0.15) is 6.61 Å². The molecule has 2 heterocycles. The first-order valence-electron chi connectivity index (χ1n) is 12.5. The van der Waals surface area contributed by atoms with Gasteiger partial charge in [-0.1, -0.05) is 12.1 Å². The lowest BCUT2D eigenvalue weighted by molar-refractivity contribution is -0.143. The van der Waals surface area contributed by atoms with Crippen molar-refractivity contribution in [2.75, 3.05) is 39.5 Å². The molecule has 0 aliphatic carbocycles. The van der Waals surface area contributed by atoms with Gasteiger partial charge in [-0.15, -0.1) is 0 Å². The molecule has 4 rings (SSSR count). The number of methoxy groups -OCH3 is 1. The Morgan fingerprint density at radius 3 is 2.29 bits per heavy atom. The van der Waals surface area contributed by atoms with Crippen molar-refractivity contribution in [2.24, 2.45) is 4.99 Å². The van der Waals surface area contributed by atoms with Gasteiger partial charge >= 0.3 is 12.4 Å². The van der Waals surface area contributed by atoms with Crippen molar-refractivity contribution >= 4 is 27.1 Å². The molecule has 0 saturated carbocycles. The SMILES string of the molecule is COc1cc(CC2NSC(N3CCN(S(C)(=O)=O)CC3)=N[C@H]2O)ccc1OCc1ccc(C(F)(F)F)cc1C(F)(F)F. The number of aliphatic hydroxyl groups is 1. The lowest BCUT2D eigenvalue weighted by Gasteiger charge is -2.37. The third kappa shape index (κ3) is 7.80. The number of aliphatic imine (C=N–C) groups is 1. The molecule has 0 amide bonds. The van der Waals surface area contributed by atoms with Gasteiger partial charge in [0.25, 0.3) is 0 Å². The van der Waals surface area contributed by atoms with Crippen LogP contribution in [0.2, 0.25) is 0 Å². The van der Waals surface area contributed by atoms with E-state index < -0.39 is 57.9 Å². The molecule has 0 spiro atoms. The molecular formula is C25H28F6N4O5S2. The van der Waals surface area contributed by atoms with Crippen molar-refractivity contribution in [3.63, 3.8) is 0 Å². The molecule has 2 aromatic carbocycles. The first-order valence-corrected chi connectivity index (χ1v) is 15.2. The average molecular weight is 643 g/mol. The van der Waals surface area contributed by atoms with E-state index in [2.05, 4.69) is 9.71 Å². The summed E-state index contributed by atoms with van der Waals surface area (Å²) >= 11 is 1.21. The lowest BCUT2D eigenvalue weighted by Crippen LogP contribution is -2.52. The molecule has 9 nitrogen and oxygen atoms in total. The van der Waals surface area contributed by atoms with Crippen molar-refractivity contribution in [1.82, 2.24) is 13.9 Å². The fraction of sp³-hybridized carbons (Fsp3) is 0.480. The molecule has 232 valence electrons. The largest absolute Gasteiger partial charge is 0.493 e. The van der Waals surface area contributed by atoms with Crippen molar-refractivity contribution in [3.8, 4) is 11.5 Å². The summed E-state index contributed by atoms with van der Waals surface area (Å²) in [6, 6.07) is 5.52. The van der Waals surface area contributed by atoms with Gasteiger partial charge in [-0.05, 0) is 48.2 Å². The topological polar surface area (TPSA) is 104 Å². The number of sulfonamides is 1. The minimum Gasteiger partial charge on any atom is -0.493 e. The first-order chi connectivity index (χ1) is 19.6. The van der Waals surface area contributed by atoms with Crippen LogP contribution in [0.5, 0.6) is 11.5 Å². The van der Waals surface area contributed by atoms with E-state index in [1.165, 1.54) is 29.4 Å². The van der Waals surface area contributed by atoms with Gasteiger partial charge in [-0.2, -0.15) is 30.6 Å². The minimum absolute atomic E-state index is 0.0585. The fourth-order valence-corrected chi connectivity index (χ4v) is 6.19. The smallest absolute Gasteiger partial charge is 0.416 e. The second-order valence-corrected chi connectivity index (χ2v) is 12.4. The van der Waals surface area contributed by atoms with Gasteiger partial charge in [-0.25, -0.2) is 18.1 Å². The molecule has 2 atom stereocenters. The van der Waals surface area contributed by atoms with Crippen LogP contribution in [-0.4, -0.2) is 79.7 Å². The number of hydrogen-bond donors (Lipinski definition) is 2. The van der Waals surface area contributed by atoms with Gasteiger partial charge in [-0.3, -0.25) is 0 Å². The number of ether oxygens (including phenoxy) is 2. The summed E-state index contributed by atoms with van der Waals surface area (Å²) in [6.07, 6.45) is -9.62. The van der Waals surface area contributed by atoms with Crippen LogP contribution in [0, 0.1) is 0 Å². The summed E-state index contributed by atoms with van der Waals surface area (Å²) in [7, 11) is -1.95. The number of aliphatic hydroxyl groups excluding tert-OH is 1. The highest BCUT2D eigenvalue weighted by Crippen LogP contribution is 2.38. The Kier molecular flexibility index (Phi) is 9.56. The Bertz CT molecular complexity index is 1410. The Labute approximate surface area is 242 Å². The summed E-state index contributed by atoms with van der Waals surface area (Å²) in [5.41, 5.74) is -2.65. The summed E-state index contributed by atoms with van der Waals surface area (Å²) in [4.78, 5) is 6.24. The third-order valence-electron chi connectivity index (χ3n) is 6.69. The van der Waals surface area contributed by atoms with Gasteiger partial charge < -0.3 is 19.5 Å². The number of piperazine rings is 1. The Morgan fingerprint density at radius 2 is 1.71 bits per heavy atom. The monoisotopic (exact) mass is 642 g/mol. The number of halogens is 6. The quantitative estimate of drug-likeness (QED) is 0.348. The Hall–Kier alpha value is -2.73. The number of rotatable bonds is 7. The molecule has 1 fully saturated rings. The van der Waals surface area contributed by atoms with E-state index >= 15 is 0 Å². The van der Waals surface area contributed by atoms with E-state index in [1.54, 1.807) is 12.1 Å². The molecule has 2 aliphatic heterocycles. The van der Waals surface area contributed by atoms with Crippen molar-refractivity contribution in [2.45, 2.75) is 37.7 Å². The van der Waals surface area contributed by atoms with Crippen molar-refractivity contribution < 1.29 is 49.3 Å². The summed E-state index contributed by atoms with van der Waals surface area (Å²) in [6.45, 7) is 0.810. The molecule has 1 saturated heterocycles. The lowest BCUT2D eigenvalue weighted by atomic mass is 10.0. The van der Waals surface area contributed by atoms with E-state index in [-0.39, 0.29) is 17.6 Å². The maximum atomic E-state index is 13.5. The maximum absolute atomic E-state index is 13.5. The normalized spacial score (nSPS) is 20.8. The Morgan fingerprint density at radius 1 is 1.02 bits per heavy atom. The molecule has 0 bridgehead atoms. The molecule has 2 N–H and O–H groups in total. The Balaban J connectivity index is 1.40. The summed E-state index contributed by atoms with van der Waals surface area (Å²) in [5, 5.41) is 11.2. The number of nitrogens with zero attached hydrogens (tertiary/aromatic N) is 3. The van der Waals surface area contributed by atoms with Crippen LogP contribution in [0.15, 0.2) is 41.4 Å². The standard InChI is InChI=1S/C25H28F6N4O5S2/c1-39-21-12-15(11-19-22(36)32-23(41-33-19)34-7-9-35(10-8-34)42(2,37)38)3-6-20(21)40-14-16-4-5-17(24(26,27)28)13-18(16)25(29,30)31/h3-6,12-13,19,22,33,36H,7-11,14H2,1-2H3/t19?,22-/m0/s1. The van der Waals surface area contributed by atoms with E-state index in [0.29, 0.717) is 49.4 Å². The van der Waals surface area contributed by atoms with Gasteiger partial charge in [0, 0.05) is 31.7 Å². The highest BCUT2D eigenvalue weighted by atomic mass is 32.2. The van der Waals surface area contributed by atoms with Gasteiger partial charge in [0.05, 0.1) is 30.5 Å². The third-order valence-corrected chi connectivity index (χ3v) is 8.96. The van der Waals surface area contributed by atoms with E-state index in [4.69, 9.17) is 9.47 Å². The van der Waals surface area contributed by atoms with Crippen molar-refractivity contribution in [1.29, 1.82) is 0 Å². The van der Waals surface area contributed by atoms with Crippen LogP contribution in [0.3, 0.4) is 0 Å². The van der Waals surface area contributed by atoms with E-state index in [1.807, 2.05) is 4.90 Å². The van der Waals surface area contributed by atoms with Gasteiger partial charge in [0.15, 0.2) is 22.9 Å². The van der Waals surface area contributed by atoms with Gasteiger partial charge in [0.2, 0.25) is 10.0 Å². The second kappa shape index (κ2) is 12.5. The zero-order chi connectivity index (χ0) is 30.9. The highest BCUT2D eigenvalue weighted by molar-refractivity contribution is 8.12. The molecule has 1 unspecified atom stereocenters. The zero-order valence-corrected chi connectivity index (χ0v) is 24.0. The van der Waals surface area contributed by atoms with Crippen LogP contribution >= 0.6 is 11.9 Å². The summed E-state index contributed by atoms with van der Waals surface area (Å²) < 4.78 is 118. The number of amidine groups is 1.